The Morgan fingerprint density at radius 1 is 0.154 bits per heavy atom. The second kappa shape index (κ2) is 32.5. The summed E-state index contributed by atoms with van der Waals surface area (Å²) in [5.74, 6) is 0. The fraction of sp³-hybridized carbons (Fsp3) is 0.0476. The fourth-order valence-corrected chi connectivity index (χ4v) is 20.0. The molecule has 0 radical (unpaired) electrons. The van der Waals surface area contributed by atoms with Crippen LogP contribution in [-0.4, -0.2) is 0 Å². The molecule has 24 rings (SSSR count). The van der Waals surface area contributed by atoms with E-state index >= 15 is 0 Å². The van der Waals surface area contributed by atoms with Crippen molar-refractivity contribution in [3.05, 3.63) is 495 Å². The molecule has 22 aromatic rings. The highest BCUT2D eigenvalue weighted by atomic mass is 16.3. The molecule has 0 saturated carbocycles. The fourth-order valence-electron chi connectivity index (χ4n) is 20.0. The number of fused-ring (bicyclic) bond motifs is 12. The Hall–Kier alpha value is -16.4. The van der Waals surface area contributed by atoms with Gasteiger partial charge in [0.25, 0.3) is 0 Å². The van der Waals surface area contributed by atoms with Gasteiger partial charge < -0.3 is 18.6 Å². The summed E-state index contributed by atoms with van der Waals surface area (Å²) in [4.78, 5) is 4.82. The number of anilines is 6. The van der Waals surface area contributed by atoms with Crippen LogP contribution in [0.3, 0.4) is 0 Å². The Kier molecular flexibility index (Phi) is 19.6. The maximum Gasteiger partial charge on any atom is 0.143 e. The van der Waals surface area contributed by atoms with Crippen molar-refractivity contribution in [2.24, 2.45) is 0 Å². The average molecular weight is 1660 g/mol. The molecule has 0 fully saturated rings. The minimum atomic E-state index is -0.191. The van der Waals surface area contributed by atoms with Crippen LogP contribution in [0, 0.1) is 0 Å². The average Bonchev–Trinajstić information content (AvgIpc) is 1.57. The second-order valence-electron chi connectivity index (χ2n) is 35.5. The lowest BCUT2D eigenvalue weighted by molar-refractivity contribution is 0.660. The zero-order chi connectivity index (χ0) is 87.0. The van der Waals surface area contributed by atoms with Gasteiger partial charge in [0, 0.05) is 72.1 Å². The molecule has 0 spiro atoms. The Balaban J connectivity index is 0.000000148. The number of hydrogen-bond acceptors (Lipinski definition) is 4. The Labute approximate surface area is 758 Å². The molecule has 0 aliphatic heterocycles. The molecule has 4 heteroatoms. The molecule has 2 aromatic heterocycles. The van der Waals surface area contributed by atoms with Crippen molar-refractivity contribution >= 4 is 78.0 Å². The number of nitrogens with zero attached hydrogens (tertiary/aromatic N) is 2. The van der Waals surface area contributed by atoms with Gasteiger partial charge in [0.1, 0.15) is 22.3 Å². The van der Waals surface area contributed by atoms with Crippen molar-refractivity contribution in [3.8, 4) is 134 Å². The standard InChI is InChI=1S/2C63H45NO/c1-63(2)59-40-50(43-15-7-4-8-16-43)33-37-55(59)56-38-36-53(41-60(56)63)64(51-34-31-46(32-35-51)45-25-23-44(24-26-45)42-13-5-3-6-14-42)52-18-11-17-49(39-52)47-27-29-48(30-28-47)54-20-12-21-58-57-19-9-10-22-61(57)65-62(54)58;1-63(2)59-40-51(43-14-7-4-8-15-43)28-35-55(59)56-36-34-54(41-60(56)63)64(52-30-24-46(25-31-52)45-22-20-44(21-23-45)42-12-5-3-6-13-42)53-32-26-47(27-33-53)48-16-11-17-49(38-48)50-29-37-62-58(39-50)57-18-9-10-19-61(57)65-62/h2*3-41H,1-2H3. The topological polar surface area (TPSA) is 32.8 Å². The van der Waals surface area contributed by atoms with Gasteiger partial charge in [-0.3, -0.25) is 0 Å². The van der Waals surface area contributed by atoms with E-state index in [1.165, 1.54) is 134 Å². The van der Waals surface area contributed by atoms with Gasteiger partial charge in [-0.15, -0.1) is 0 Å². The largest absolute Gasteiger partial charge is 0.456 e. The van der Waals surface area contributed by atoms with Crippen LogP contribution in [0.1, 0.15) is 49.9 Å². The molecule has 616 valence electrons. The predicted molar refractivity (Wildman–Crippen MR) is 546 cm³/mol. The first-order valence-corrected chi connectivity index (χ1v) is 45.0. The van der Waals surface area contributed by atoms with Crippen molar-refractivity contribution in [3.63, 3.8) is 0 Å². The third-order valence-corrected chi connectivity index (χ3v) is 27.0. The van der Waals surface area contributed by atoms with Crippen molar-refractivity contribution in [2.75, 3.05) is 9.80 Å². The first kappa shape index (κ1) is 78.3. The zero-order valence-electron chi connectivity index (χ0n) is 72.7. The van der Waals surface area contributed by atoms with E-state index in [9.17, 15) is 0 Å². The third kappa shape index (κ3) is 14.3. The molecule has 0 saturated heterocycles. The van der Waals surface area contributed by atoms with E-state index in [-0.39, 0.29) is 10.8 Å². The van der Waals surface area contributed by atoms with E-state index in [4.69, 9.17) is 8.83 Å². The highest BCUT2D eigenvalue weighted by molar-refractivity contribution is 6.10. The van der Waals surface area contributed by atoms with E-state index in [2.05, 4.69) is 486 Å². The first-order chi connectivity index (χ1) is 63.9. The Morgan fingerprint density at radius 3 is 0.869 bits per heavy atom. The minimum Gasteiger partial charge on any atom is -0.456 e. The smallest absolute Gasteiger partial charge is 0.143 e. The maximum atomic E-state index is 6.41. The van der Waals surface area contributed by atoms with Crippen molar-refractivity contribution < 1.29 is 8.83 Å². The van der Waals surface area contributed by atoms with Gasteiger partial charge in [-0.05, 0) is 265 Å². The number of furan rings is 2. The molecule has 4 nitrogen and oxygen atoms in total. The lowest BCUT2D eigenvalue weighted by Crippen LogP contribution is -2.16. The van der Waals surface area contributed by atoms with Crippen molar-refractivity contribution in [2.45, 2.75) is 38.5 Å². The molecule has 0 N–H and O–H groups in total. The maximum absolute atomic E-state index is 6.41. The van der Waals surface area contributed by atoms with Gasteiger partial charge in [-0.25, -0.2) is 0 Å². The number of hydrogen-bond donors (Lipinski definition) is 0. The van der Waals surface area contributed by atoms with Gasteiger partial charge in [0.2, 0.25) is 0 Å². The highest BCUT2D eigenvalue weighted by Gasteiger charge is 2.39. The minimum absolute atomic E-state index is 0.184. The van der Waals surface area contributed by atoms with Crippen LogP contribution >= 0.6 is 0 Å². The SMILES string of the molecule is CC1(C)c2cc(-c3ccccc3)ccc2-c2ccc(N(c3ccc(-c4ccc(-c5ccccc5)cc4)cc3)c3ccc(-c4cccc(-c5ccc6oc7ccccc7c6c5)c4)cc3)cc21.CC1(C)c2cc(-c3ccccc3)ccc2-c2ccc(N(c3ccc(-c4ccc(-c5ccccc5)cc4)cc3)c3cccc(-c4ccc(-c5cccc6c5oc5ccccc56)cc4)c3)cc21. The molecule has 0 atom stereocenters. The van der Waals surface area contributed by atoms with Crippen LogP contribution in [0.25, 0.3) is 177 Å². The predicted octanol–water partition coefficient (Wildman–Crippen LogP) is 35.4. The van der Waals surface area contributed by atoms with Crippen LogP contribution in [0.4, 0.5) is 34.1 Å². The van der Waals surface area contributed by atoms with Gasteiger partial charge in [-0.2, -0.15) is 0 Å². The first-order valence-electron chi connectivity index (χ1n) is 45.0. The summed E-state index contributed by atoms with van der Waals surface area (Å²) in [5, 5.41) is 4.56. The van der Waals surface area contributed by atoms with Crippen LogP contribution < -0.4 is 9.80 Å². The lowest BCUT2D eigenvalue weighted by atomic mass is 9.81. The molecule has 20 aromatic carbocycles. The molecule has 2 aliphatic carbocycles. The normalized spacial score (nSPS) is 12.6. The lowest BCUT2D eigenvalue weighted by Gasteiger charge is -2.28. The van der Waals surface area contributed by atoms with E-state index in [0.29, 0.717) is 0 Å². The number of rotatable bonds is 16. The monoisotopic (exact) mass is 1660 g/mol. The highest BCUT2D eigenvalue weighted by Crippen LogP contribution is 2.55. The molecule has 2 heterocycles. The summed E-state index contributed by atoms with van der Waals surface area (Å²) >= 11 is 0. The van der Waals surface area contributed by atoms with Gasteiger partial charge in [0.15, 0.2) is 0 Å². The summed E-state index contributed by atoms with van der Waals surface area (Å²) in [7, 11) is 0. The number of para-hydroxylation sites is 3. The van der Waals surface area contributed by atoms with Gasteiger partial charge >= 0.3 is 0 Å². The molecule has 0 unspecified atom stereocenters. The summed E-state index contributed by atoms with van der Waals surface area (Å²) in [5.41, 5.74) is 44.4. The Bertz CT molecular complexity index is 8010. The third-order valence-electron chi connectivity index (χ3n) is 27.0. The van der Waals surface area contributed by atoms with Gasteiger partial charge in [0.05, 0.1) is 0 Å². The van der Waals surface area contributed by atoms with Crippen LogP contribution in [0.5, 0.6) is 0 Å². The molecule has 130 heavy (non-hydrogen) atoms. The molecule has 0 amide bonds. The van der Waals surface area contributed by atoms with Crippen molar-refractivity contribution in [1.29, 1.82) is 0 Å². The van der Waals surface area contributed by atoms with E-state index < -0.39 is 0 Å². The summed E-state index contributed by atoms with van der Waals surface area (Å²) in [6.45, 7) is 9.49. The van der Waals surface area contributed by atoms with Gasteiger partial charge in [-0.1, -0.05) is 386 Å². The van der Waals surface area contributed by atoms with E-state index in [1.807, 2.05) is 24.3 Å². The summed E-state index contributed by atoms with van der Waals surface area (Å²) < 4.78 is 12.5. The van der Waals surface area contributed by atoms with Crippen molar-refractivity contribution in [1.82, 2.24) is 0 Å². The number of benzene rings is 20. The molecule has 0 bridgehead atoms. The Morgan fingerprint density at radius 2 is 0.415 bits per heavy atom. The second-order valence-corrected chi connectivity index (χ2v) is 35.5. The summed E-state index contributed by atoms with van der Waals surface area (Å²) in [6.07, 6.45) is 0. The molecule has 2 aliphatic rings. The molecular weight excluding hydrogens is 1570 g/mol. The molecular formula is C126H90N2O2. The van der Waals surface area contributed by atoms with E-state index in [1.54, 1.807) is 0 Å². The van der Waals surface area contributed by atoms with Crippen LogP contribution in [0.2, 0.25) is 0 Å². The quantitative estimate of drug-likeness (QED) is 0.0965. The summed E-state index contributed by atoms with van der Waals surface area (Å²) in [6, 6.07) is 172. The van der Waals surface area contributed by atoms with Crippen LogP contribution in [-0.2, 0) is 10.8 Å². The van der Waals surface area contributed by atoms with Crippen LogP contribution in [0.15, 0.2) is 482 Å². The van der Waals surface area contributed by atoms with E-state index in [0.717, 1.165) is 100 Å². The zero-order valence-corrected chi connectivity index (χ0v) is 72.7.